The number of benzene rings is 1. The van der Waals surface area contributed by atoms with Gasteiger partial charge in [-0.2, -0.15) is 0 Å². The lowest BCUT2D eigenvalue weighted by Crippen LogP contribution is -2.30. The monoisotopic (exact) mass is 440 g/mol. The van der Waals surface area contributed by atoms with Crippen molar-refractivity contribution in [3.05, 3.63) is 65.5 Å². The van der Waals surface area contributed by atoms with Crippen LogP contribution in [-0.2, 0) is 15.9 Å². The SMILES string of the molecule is CCOC(=O)N=NC(=O)OCC.O=C1c2ccccc2C(=O)N1CCCc1ccncc1. The molecule has 10 nitrogen and oxygen atoms in total. The molecular weight excluding hydrogens is 416 g/mol. The van der Waals surface area contributed by atoms with Gasteiger partial charge >= 0.3 is 12.2 Å². The number of amides is 4. The molecule has 1 aromatic carbocycles. The number of ether oxygens (including phenoxy) is 2. The molecule has 0 saturated carbocycles. The number of aromatic nitrogens is 1. The third kappa shape index (κ3) is 7.08. The highest BCUT2D eigenvalue weighted by Gasteiger charge is 2.34. The summed E-state index contributed by atoms with van der Waals surface area (Å²) in [5.41, 5.74) is 2.19. The van der Waals surface area contributed by atoms with Gasteiger partial charge in [0.25, 0.3) is 11.8 Å². The van der Waals surface area contributed by atoms with Crippen molar-refractivity contribution in [2.24, 2.45) is 10.2 Å². The maximum absolute atomic E-state index is 12.1. The lowest BCUT2D eigenvalue weighted by Gasteiger charge is -2.13. The molecule has 1 aliphatic heterocycles. The molecule has 0 aliphatic carbocycles. The number of hydrogen-bond acceptors (Lipinski definition) is 7. The van der Waals surface area contributed by atoms with Gasteiger partial charge < -0.3 is 9.47 Å². The smallest absolute Gasteiger partial charge is 0.447 e. The van der Waals surface area contributed by atoms with Crippen molar-refractivity contribution < 1.29 is 28.7 Å². The van der Waals surface area contributed by atoms with Gasteiger partial charge in [-0.3, -0.25) is 19.5 Å². The Hall–Kier alpha value is -3.95. The van der Waals surface area contributed by atoms with Crippen molar-refractivity contribution >= 4 is 24.0 Å². The Morgan fingerprint density at radius 3 is 1.84 bits per heavy atom. The fourth-order valence-electron chi connectivity index (χ4n) is 2.82. The highest BCUT2D eigenvalue weighted by atomic mass is 16.6. The Kier molecular flexibility index (Phi) is 9.64. The maximum Gasteiger partial charge on any atom is 0.452 e. The molecule has 0 saturated heterocycles. The minimum absolute atomic E-state index is 0.180. The van der Waals surface area contributed by atoms with E-state index in [2.05, 4.69) is 24.7 Å². The number of fused-ring (bicyclic) bond motifs is 1. The standard InChI is InChI=1S/C16H14N2O2.C6H10N2O4/c19-15-13-5-1-2-6-14(13)16(20)18(15)11-3-4-12-7-9-17-10-8-12;1-3-11-5(9)7-8-6(10)12-4-2/h1-2,5-10H,3-4,11H2;3-4H2,1-2H3. The summed E-state index contributed by atoms with van der Waals surface area (Å²) in [5, 5.41) is 5.84. The van der Waals surface area contributed by atoms with E-state index in [4.69, 9.17) is 0 Å². The molecule has 168 valence electrons. The minimum atomic E-state index is -0.898. The van der Waals surface area contributed by atoms with E-state index in [0.717, 1.165) is 18.4 Å². The lowest BCUT2D eigenvalue weighted by atomic mass is 10.1. The van der Waals surface area contributed by atoms with Crippen molar-refractivity contribution in [2.75, 3.05) is 19.8 Å². The Morgan fingerprint density at radius 2 is 1.38 bits per heavy atom. The van der Waals surface area contributed by atoms with Gasteiger partial charge in [-0.1, -0.05) is 22.4 Å². The first-order valence-corrected chi connectivity index (χ1v) is 10.1. The first-order valence-electron chi connectivity index (χ1n) is 10.1. The highest BCUT2D eigenvalue weighted by molar-refractivity contribution is 6.21. The number of hydrogen-bond donors (Lipinski definition) is 0. The summed E-state index contributed by atoms with van der Waals surface area (Å²) < 4.78 is 8.73. The van der Waals surface area contributed by atoms with Crippen LogP contribution in [0.15, 0.2) is 59.0 Å². The van der Waals surface area contributed by atoms with Gasteiger partial charge in [0, 0.05) is 18.9 Å². The molecule has 0 bridgehead atoms. The van der Waals surface area contributed by atoms with Gasteiger partial charge in [0.2, 0.25) is 0 Å². The molecule has 32 heavy (non-hydrogen) atoms. The van der Waals surface area contributed by atoms with Crippen LogP contribution in [0.2, 0.25) is 0 Å². The number of carbonyl (C=O) groups is 4. The second-order valence-electron chi connectivity index (χ2n) is 6.36. The van der Waals surface area contributed by atoms with Crippen LogP contribution in [0.25, 0.3) is 0 Å². The van der Waals surface area contributed by atoms with E-state index in [1.807, 2.05) is 12.1 Å². The van der Waals surface area contributed by atoms with Crippen LogP contribution in [0.5, 0.6) is 0 Å². The lowest BCUT2D eigenvalue weighted by molar-refractivity contribution is 0.0652. The Labute approximate surface area is 185 Å². The van der Waals surface area contributed by atoms with Crippen LogP contribution in [0, 0.1) is 0 Å². The van der Waals surface area contributed by atoms with E-state index in [-0.39, 0.29) is 25.0 Å². The zero-order valence-corrected chi connectivity index (χ0v) is 17.9. The summed E-state index contributed by atoms with van der Waals surface area (Å²) in [7, 11) is 0. The van der Waals surface area contributed by atoms with E-state index in [1.165, 1.54) is 4.90 Å². The summed E-state index contributed by atoms with van der Waals surface area (Å²) >= 11 is 0. The van der Waals surface area contributed by atoms with Crippen molar-refractivity contribution in [2.45, 2.75) is 26.7 Å². The average molecular weight is 440 g/mol. The van der Waals surface area contributed by atoms with E-state index >= 15 is 0 Å². The van der Waals surface area contributed by atoms with Gasteiger partial charge in [0.1, 0.15) is 0 Å². The molecule has 0 N–H and O–H groups in total. The van der Waals surface area contributed by atoms with Crippen molar-refractivity contribution in [1.82, 2.24) is 9.88 Å². The third-order valence-corrected chi connectivity index (χ3v) is 4.22. The Balaban J connectivity index is 0.000000262. The van der Waals surface area contributed by atoms with Crippen molar-refractivity contribution in [3.63, 3.8) is 0 Å². The van der Waals surface area contributed by atoms with Crippen LogP contribution in [0.4, 0.5) is 9.59 Å². The fraction of sp³-hybridized carbons (Fsp3) is 0.318. The van der Waals surface area contributed by atoms with Gasteiger partial charge in [-0.05, 0) is 56.5 Å². The van der Waals surface area contributed by atoms with Crippen molar-refractivity contribution in [1.29, 1.82) is 0 Å². The number of nitrogens with zero attached hydrogens (tertiary/aromatic N) is 4. The summed E-state index contributed by atoms with van der Waals surface area (Å²) in [6.07, 6.45) is 3.29. The molecule has 0 atom stereocenters. The quantitative estimate of drug-likeness (QED) is 0.489. The van der Waals surface area contributed by atoms with Gasteiger partial charge in [-0.25, -0.2) is 9.59 Å². The fourth-order valence-corrected chi connectivity index (χ4v) is 2.82. The first-order chi connectivity index (χ1) is 15.5. The first kappa shape index (κ1) is 24.3. The molecule has 4 amide bonds. The van der Waals surface area contributed by atoms with Crippen molar-refractivity contribution in [3.8, 4) is 0 Å². The van der Waals surface area contributed by atoms with Gasteiger partial charge in [0.05, 0.1) is 24.3 Å². The molecule has 2 aromatic rings. The summed E-state index contributed by atoms with van der Waals surface area (Å²) in [5.74, 6) is -0.361. The zero-order valence-electron chi connectivity index (χ0n) is 17.9. The third-order valence-electron chi connectivity index (χ3n) is 4.22. The number of carbonyl (C=O) groups excluding carboxylic acids is 4. The molecule has 3 rings (SSSR count). The number of aryl methyl sites for hydroxylation is 1. The summed E-state index contributed by atoms with van der Waals surface area (Å²) in [6, 6.07) is 10.9. The van der Waals surface area contributed by atoms with Crippen LogP contribution >= 0.6 is 0 Å². The highest BCUT2D eigenvalue weighted by Crippen LogP contribution is 2.22. The average Bonchev–Trinajstić information content (AvgIpc) is 3.04. The van der Waals surface area contributed by atoms with Crippen LogP contribution in [-0.4, -0.2) is 53.6 Å². The van der Waals surface area contributed by atoms with E-state index in [9.17, 15) is 19.2 Å². The van der Waals surface area contributed by atoms with Gasteiger partial charge in [-0.15, -0.1) is 0 Å². The zero-order chi connectivity index (χ0) is 23.3. The number of imide groups is 1. The van der Waals surface area contributed by atoms with E-state index in [1.54, 1.807) is 50.5 Å². The van der Waals surface area contributed by atoms with Crippen LogP contribution in [0.3, 0.4) is 0 Å². The Morgan fingerprint density at radius 1 is 0.875 bits per heavy atom. The molecule has 10 heteroatoms. The molecule has 1 aliphatic rings. The molecular formula is C22H24N4O6. The minimum Gasteiger partial charge on any atom is -0.447 e. The molecule has 0 fully saturated rings. The molecule has 0 radical (unpaired) electrons. The number of rotatable bonds is 6. The topological polar surface area (TPSA) is 128 Å². The second-order valence-corrected chi connectivity index (χ2v) is 6.36. The summed E-state index contributed by atoms with van der Waals surface area (Å²) in [6.45, 7) is 4.09. The Bertz CT molecular complexity index is 922. The molecule has 0 unspecified atom stereocenters. The van der Waals surface area contributed by atoms with E-state index < -0.39 is 12.2 Å². The molecule has 1 aromatic heterocycles. The number of azo groups is 1. The summed E-state index contributed by atoms with van der Waals surface area (Å²) in [4.78, 5) is 50.5. The van der Waals surface area contributed by atoms with Crippen LogP contribution < -0.4 is 0 Å². The largest absolute Gasteiger partial charge is 0.452 e. The maximum atomic E-state index is 12.1. The number of pyridine rings is 1. The van der Waals surface area contributed by atoms with Gasteiger partial charge in [0.15, 0.2) is 0 Å². The predicted molar refractivity (Wildman–Crippen MR) is 113 cm³/mol. The second kappa shape index (κ2) is 12.7. The molecule has 0 spiro atoms. The van der Waals surface area contributed by atoms with E-state index in [0.29, 0.717) is 17.7 Å². The normalized spacial score (nSPS) is 12.2. The molecule has 2 heterocycles. The van der Waals surface area contributed by atoms with Crippen LogP contribution in [0.1, 0.15) is 46.5 Å². The predicted octanol–water partition coefficient (Wildman–Crippen LogP) is 4.06.